The second kappa shape index (κ2) is 9.46. The topological polar surface area (TPSA) is 72.5 Å². The van der Waals surface area contributed by atoms with E-state index in [2.05, 4.69) is 15.1 Å². The summed E-state index contributed by atoms with van der Waals surface area (Å²) in [5.41, 5.74) is -1.33. The van der Waals surface area contributed by atoms with Gasteiger partial charge in [0, 0.05) is 37.3 Å². The van der Waals surface area contributed by atoms with Crippen molar-refractivity contribution in [2.45, 2.75) is 38.4 Å². The molecular weight excluding hydrogens is 404 g/mol. The summed E-state index contributed by atoms with van der Waals surface area (Å²) in [6, 6.07) is 4.25. The quantitative estimate of drug-likeness (QED) is 0.687. The van der Waals surface area contributed by atoms with Crippen LogP contribution in [0.2, 0.25) is 0 Å². The molecule has 0 unspecified atom stereocenters. The summed E-state index contributed by atoms with van der Waals surface area (Å²) in [5, 5.41) is 14.7. The fourth-order valence-electron chi connectivity index (χ4n) is 3.49. The number of likely N-dealkylation sites (tertiary alicyclic amines) is 1. The molecule has 2 heterocycles. The number of aromatic nitrogens is 2. The Kier molecular flexibility index (Phi) is 6.96. The highest BCUT2D eigenvalue weighted by Gasteiger charge is 2.35. The molecule has 1 amide bonds. The van der Waals surface area contributed by atoms with Gasteiger partial charge in [0.15, 0.2) is 5.69 Å². The van der Waals surface area contributed by atoms with E-state index in [-0.39, 0.29) is 30.1 Å². The van der Waals surface area contributed by atoms with Gasteiger partial charge in [0.1, 0.15) is 17.3 Å². The van der Waals surface area contributed by atoms with Crippen LogP contribution in [0.3, 0.4) is 0 Å². The minimum absolute atomic E-state index is 0.140. The van der Waals surface area contributed by atoms with Crippen LogP contribution in [0.5, 0.6) is 5.75 Å². The largest absolute Gasteiger partial charge is 0.508 e. The second-order valence-electron chi connectivity index (χ2n) is 7.42. The van der Waals surface area contributed by atoms with Crippen molar-refractivity contribution in [3.63, 3.8) is 0 Å². The normalized spacial score (nSPS) is 15.7. The van der Waals surface area contributed by atoms with Crippen molar-refractivity contribution >= 4 is 5.91 Å². The summed E-state index contributed by atoms with van der Waals surface area (Å²) in [7, 11) is 0. The Labute approximate surface area is 171 Å². The van der Waals surface area contributed by atoms with Crippen LogP contribution in [-0.4, -0.2) is 57.2 Å². The van der Waals surface area contributed by atoms with Gasteiger partial charge >= 0.3 is 6.18 Å². The smallest absolute Gasteiger partial charge is 0.435 e. The Bertz CT molecular complexity index is 861. The molecule has 0 radical (unpaired) electrons. The molecule has 6 nitrogen and oxygen atoms in total. The number of nitrogens with one attached hydrogen (secondary N) is 1. The lowest BCUT2D eigenvalue weighted by Gasteiger charge is -2.27. The van der Waals surface area contributed by atoms with Crippen molar-refractivity contribution in [3.05, 3.63) is 47.0 Å². The Morgan fingerprint density at radius 1 is 1.17 bits per heavy atom. The molecule has 0 spiro atoms. The number of aromatic amines is 1. The lowest BCUT2D eigenvalue weighted by atomic mass is 10.1. The summed E-state index contributed by atoms with van der Waals surface area (Å²) in [4.78, 5) is 16.4. The number of halogens is 4. The Morgan fingerprint density at radius 2 is 1.87 bits per heavy atom. The van der Waals surface area contributed by atoms with Gasteiger partial charge in [-0.3, -0.25) is 9.89 Å². The molecule has 10 heteroatoms. The number of nitrogens with zero attached hydrogens (tertiary/aromatic N) is 3. The number of benzene rings is 1. The van der Waals surface area contributed by atoms with Gasteiger partial charge in [-0.15, -0.1) is 0 Å². The number of rotatable bonds is 6. The maximum absolute atomic E-state index is 14.2. The third kappa shape index (κ3) is 5.71. The fraction of sp³-hybridized carbons (Fsp3) is 0.500. The molecule has 0 aliphatic carbocycles. The van der Waals surface area contributed by atoms with Gasteiger partial charge in [-0.1, -0.05) is 18.9 Å². The Balaban J connectivity index is 1.78. The molecule has 1 fully saturated rings. The third-order valence-electron chi connectivity index (χ3n) is 5.17. The molecule has 164 valence electrons. The number of carbonyl (C=O) groups is 1. The number of alkyl halides is 3. The van der Waals surface area contributed by atoms with Gasteiger partial charge in [-0.25, -0.2) is 4.39 Å². The molecule has 1 aromatic heterocycles. The van der Waals surface area contributed by atoms with Gasteiger partial charge < -0.3 is 14.9 Å². The molecule has 1 aliphatic rings. The van der Waals surface area contributed by atoms with E-state index >= 15 is 0 Å². The zero-order valence-electron chi connectivity index (χ0n) is 16.4. The van der Waals surface area contributed by atoms with Crippen molar-refractivity contribution in [3.8, 4) is 5.75 Å². The van der Waals surface area contributed by atoms with Crippen molar-refractivity contribution in [1.29, 1.82) is 0 Å². The van der Waals surface area contributed by atoms with Crippen LogP contribution in [0.25, 0.3) is 0 Å². The van der Waals surface area contributed by atoms with E-state index in [4.69, 9.17) is 0 Å². The SMILES string of the molecule is O=C(c1cc(C(F)(F)F)n[nH]1)N(CCN1CCCCCC1)Cc1ccc(O)cc1F. The van der Waals surface area contributed by atoms with Crippen molar-refractivity contribution < 1.29 is 27.5 Å². The first-order valence-corrected chi connectivity index (χ1v) is 9.85. The highest BCUT2D eigenvalue weighted by atomic mass is 19.4. The van der Waals surface area contributed by atoms with Crippen LogP contribution in [-0.2, 0) is 12.7 Å². The van der Waals surface area contributed by atoms with Crippen molar-refractivity contribution in [2.75, 3.05) is 26.2 Å². The van der Waals surface area contributed by atoms with E-state index < -0.39 is 23.6 Å². The zero-order chi connectivity index (χ0) is 21.7. The van der Waals surface area contributed by atoms with E-state index in [9.17, 15) is 27.5 Å². The van der Waals surface area contributed by atoms with Crippen molar-refractivity contribution in [2.24, 2.45) is 0 Å². The molecule has 0 atom stereocenters. The standard InChI is InChI=1S/C20H24F4N4O2/c21-16-11-15(29)6-5-14(16)13-28(10-9-27-7-3-1-2-4-8-27)19(30)17-12-18(26-25-17)20(22,23)24/h5-6,11-12,29H,1-4,7-10,13H2,(H,25,26). The molecule has 3 rings (SSSR count). The number of amides is 1. The van der Waals surface area contributed by atoms with Gasteiger partial charge in [-0.05, 0) is 32.0 Å². The number of H-pyrrole nitrogens is 1. The third-order valence-corrected chi connectivity index (χ3v) is 5.17. The van der Waals surface area contributed by atoms with Crippen molar-refractivity contribution in [1.82, 2.24) is 20.0 Å². The first kappa shape index (κ1) is 22.1. The van der Waals surface area contributed by atoms with Crippen LogP contribution in [0.1, 0.15) is 47.4 Å². The van der Waals surface area contributed by atoms with Crippen LogP contribution >= 0.6 is 0 Å². The van der Waals surface area contributed by atoms with Crippen LogP contribution < -0.4 is 0 Å². The zero-order valence-corrected chi connectivity index (χ0v) is 16.4. The minimum Gasteiger partial charge on any atom is -0.508 e. The molecule has 1 aromatic carbocycles. The average Bonchev–Trinajstić information content (AvgIpc) is 3.05. The number of hydrogen-bond acceptors (Lipinski definition) is 4. The molecule has 1 saturated heterocycles. The first-order valence-electron chi connectivity index (χ1n) is 9.85. The number of carbonyl (C=O) groups excluding carboxylic acids is 1. The molecule has 0 bridgehead atoms. The van der Waals surface area contributed by atoms with E-state index in [1.165, 1.54) is 17.0 Å². The molecule has 0 saturated carbocycles. The number of hydrogen-bond donors (Lipinski definition) is 2. The first-order chi connectivity index (χ1) is 14.2. The monoisotopic (exact) mass is 428 g/mol. The van der Waals surface area contributed by atoms with E-state index in [0.717, 1.165) is 44.8 Å². The summed E-state index contributed by atoms with van der Waals surface area (Å²) in [6.07, 6.45) is -0.278. The van der Waals surface area contributed by atoms with E-state index in [1.807, 2.05) is 0 Å². The summed E-state index contributed by atoms with van der Waals surface area (Å²) >= 11 is 0. The summed E-state index contributed by atoms with van der Waals surface area (Å²) < 4.78 is 52.7. The molecule has 2 N–H and O–H groups in total. The molecular formula is C20H24F4N4O2. The summed E-state index contributed by atoms with van der Waals surface area (Å²) in [5.74, 6) is -1.63. The van der Waals surface area contributed by atoms with Gasteiger partial charge in [-0.2, -0.15) is 18.3 Å². The average molecular weight is 428 g/mol. The Hall–Kier alpha value is -2.62. The fourth-order valence-corrected chi connectivity index (χ4v) is 3.49. The second-order valence-corrected chi connectivity index (χ2v) is 7.42. The predicted molar refractivity (Wildman–Crippen MR) is 101 cm³/mol. The predicted octanol–water partition coefficient (Wildman–Crippen LogP) is 3.79. The number of aromatic hydroxyl groups is 1. The van der Waals surface area contributed by atoms with E-state index in [1.54, 1.807) is 0 Å². The molecule has 30 heavy (non-hydrogen) atoms. The summed E-state index contributed by atoms with van der Waals surface area (Å²) in [6.45, 7) is 2.39. The Morgan fingerprint density at radius 3 is 2.47 bits per heavy atom. The van der Waals surface area contributed by atoms with Gasteiger partial charge in [0.2, 0.25) is 0 Å². The van der Waals surface area contributed by atoms with Gasteiger partial charge in [0.25, 0.3) is 5.91 Å². The lowest BCUT2D eigenvalue weighted by Crippen LogP contribution is -2.39. The molecule has 1 aliphatic heterocycles. The van der Waals surface area contributed by atoms with Crippen LogP contribution in [0, 0.1) is 5.82 Å². The maximum Gasteiger partial charge on any atom is 0.435 e. The lowest BCUT2D eigenvalue weighted by molar-refractivity contribution is -0.141. The van der Waals surface area contributed by atoms with E-state index in [0.29, 0.717) is 12.6 Å². The highest BCUT2D eigenvalue weighted by molar-refractivity contribution is 5.92. The number of phenolic OH excluding ortho intramolecular Hbond substituents is 1. The molecule has 2 aromatic rings. The number of phenols is 1. The van der Waals surface area contributed by atoms with Crippen LogP contribution in [0.4, 0.5) is 17.6 Å². The van der Waals surface area contributed by atoms with Crippen LogP contribution in [0.15, 0.2) is 24.3 Å². The highest BCUT2D eigenvalue weighted by Crippen LogP contribution is 2.28. The minimum atomic E-state index is -4.67. The van der Waals surface area contributed by atoms with Gasteiger partial charge in [0.05, 0.1) is 0 Å². The maximum atomic E-state index is 14.2.